The Balaban J connectivity index is 4.38. The van der Waals surface area contributed by atoms with Crippen molar-refractivity contribution in [2.45, 2.75) is 60.8 Å². The fourth-order valence-electron chi connectivity index (χ4n) is 1.87. The Kier molecular flexibility index (Phi) is 10.1. The Morgan fingerprint density at radius 2 is 1.19 bits per heavy atom. The van der Waals surface area contributed by atoms with Crippen molar-refractivity contribution in [1.82, 2.24) is 0 Å². The number of ether oxygens (including phenoxy) is 2. The highest BCUT2D eigenvalue weighted by molar-refractivity contribution is 5.73. The molecule has 0 aliphatic carbocycles. The first kappa shape index (κ1) is 19.9. The molecule has 0 heterocycles. The maximum Gasteiger partial charge on any atom is 0.306 e. The van der Waals surface area contributed by atoms with E-state index in [4.69, 9.17) is 9.47 Å². The van der Waals surface area contributed by atoms with Gasteiger partial charge in [0.25, 0.3) is 0 Å². The fraction of sp³-hybridized carbons (Fsp3) is 0.882. The van der Waals surface area contributed by atoms with Crippen LogP contribution in [0.3, 0.4) is 0 Å². The van der Waals surface area contributed by atoms with Gasteiger partial charge in [-0.05, 0) is 23.7 Å². The summed E-state index contributed by atoms with van der Waals surface area (Å²) >= 11 is 0. The summed E-state index contributed by atoms with van der Waals surface area (Å²) in [5.74, 6) is 0.507. The SMILES string of the molecule is CCC(C)C(CC(=O)OCC(C)C)CC(=O)OCC(C)C. The predicted molar refractivity (Wildman–Crippen MR) is 83.8 cm³/mol. The fourth-order valence-corrected chi connectivity index (χ4v) is 1.87. The molecule has 0 bridgehead atoms. The van der Waals surface area contributed by atoms with Crippen molar-refractivity contribution in [1.29, 1.82) is 0 Å². The number of rotatable bonds is 10. The van der Waals surface area contributed by atoms with E-state index in [1.807, 2.05) is 27.7 Å². The van der Waals surface area contributed by atoms with E-state index < -0.39 is 0 Å². The lowest BCUT2D eigenvalue weighted by Gasteiger charge is -2.22. The molecule has 0 aliphatic heterocycles. The molecular formula is C17H32O4. The molecule has 0 spiro atoms. The van der Waals surface area contributed by atoms with Crippen LogP contribution in [0.1, 0.15) is 60.8 Å². The maximum atomic E-state index is 11.9. The van der Waals surface area contributed by atoms with E-state index in [0.29, 0.717) is 43.8 Å². The number of esters is 2. The van der Waals surface area contributed by atoms with E-state index >= 15 is 0 Å². The molecule has 0 fully saturated rings. The third-order valence-corrected chi connectivity index (χ3v) is 3.46. The molecule has 0 saturated heterocycles. The van der Waals surface area contributed by atoms with Gasteiger partial charge < -0.3 is 9.47 Å². The number of carbonyl (C=O) groups is 2. The van der Waals surface area contributed by atoms with E-state index in [0.717, 1.165) is 6.42 Å². The van der Waals surface area contributed by atoms with Crippen LogP contribution in [-0.2, 0) is 19.1 Å². The summed E-state index contributed by atoms with van der Waals surface area (Å²) in [5.41, 5.74) is 0. The zero-order valence-electron chi connectivity index (χ0n) is 14.5. The second-order valence-corrected chi connectivity index (χ2v) is 6.71. The topological polar surface area (TPSA) is 52.6 Å². The van der Waals surface area contributed by atoms with Crippen molar-refractivity contribution in [2.75, 3.05) is 13.2 Å². The van der Waals surface area contributed by atoms with Gasteiger partial charge in [-0.2, -0.15) is 0 Å². The Hall–Kier alpha value is -1.06. The van der Waals surface area contributed by atoms with Gasteiger partial charge in [-0.25, -0.2) is 0 Å². The lowest BCUT2D eigenvalue weighted by atomic mass is 9.86. The first-order valence-corrected chi connectivity index (χ1v) is 8.07. The second kappa shape index (κ2) is 10.6. The van der Waals surface area contributed by atoms with E-state index in [9.17, 15) is 9.59 Å². The average molecular weight is 300 g/mol. The van der Waals surface area contributed by atoms with Gasteiger partial charge in [-0.15, -0.1) is 0 Å². The zero-order valence-corrected chi connectivity index (χ0v) is 14.5. The zero-order chi connectivity index (χ0) is 16.4. The highest BCUT2D eigenvalue weighted by atomic mass is 16.5. The van der Waals surface area contributed by atoms with Crippen molar-refractivity contribution in [3.63, 3.8) is 0 Å². The minimum absolute atomic E-state index is 0.00526. The molecule has 0 rings (SSSR count). The number of hydrogen-bond acceptors (Lipinski definition) is 4. The third-order valence-electron chi connectivity index (χ3n) is 3.46. The maximum absolute atomic E-state index is 11.9. The molecule has 0 aliphatic rings. The normalized spacial score (nSPS) is 12.8. The summed E-state index contributed by atoms with van der Waals surface area (Å²) in [6.45, 7) is 13.0. The highest BCUT2D eigenvalue weighted by Gasteiger charge is 2.24. The molecule has 0 amide bonds. The molecule has 0 aromatic heterocycles. The molecule has 0 radical (unpaired) electrons. The van der Waals surface area contributed by atoms with Crippen LogP contribution >= 0.6 is 0 Å². The van der Waals surface area contributed by atoms with Gasteiger partial charge in [-0.3, -0.25) is 9.59 Å². The van der Waals surface area contributed by atoms with Crippen LogP contribution in [0.25, 0.3) is 0 Å². The van der Waals surface area contributed by atoms with Crippen LogP contribution in [-0.4, -0.2) is 25.2 Å². The molecule has 4 heteroatoms. The van der Waals surface area contributed by atoms with Crippen molar-refractivity contribution in [3.8, 4) is 0 Å². The van der Waals surface area contributed by atoms with Crippen LogP contribution < -0.4 is 0 Å². The first-order chi connectivity index (χ1) is 9.76. The summed E-state index contributed by atoms with van der Waals surface area (Å²) in [6, 6.07) is 0. The summed E-state index contributed by atoms with van der Waals surface area (Å²) in [6.07, 6.45) is 1.51. The van der Waals surface area contributed by atoms with Crippen LogP contribution in [0, 0.1) is 23.7 Å². The quantitative estimate of drug-likeness (QED) is 0.575. The molecule has 1 atom stereocenters. The van der Waals surface area contributed by atoms with Gasteiger partial charge >= 0.3 is 11.9 Å². The summed E-state index contributed by atoms with van der Waals surface area (Å²) in [5, 5.41) is 0. The Labute approximate surface area is 129 Å². The van der Waals surface area contributed by atoms with Crippen LogP contribution in [0.4, 0.5) is 0 Å². The first-order valence-electron chi connectivity index (χ1n) is 8.07. The van der Waals surface area contributed by atoms with Gasteiger partial charge in [0.2, 0.25) is 0 Å². The molecule has 1 unspecified atom stereocenters. The molecule has 4 nitrogen and oxygen atoms in total. The van der Waals surface area contributed by atoms with Crippen molar-refractivity contribution in [3.05, 3.63) is 0 Å². The van der Waals surface area contributed by atoms with Crippen LogP contribution in [0.15, 0.2) is 0 Å². The molecular weight excluding hydrogens is 268 g/mol. The van der Waals surface area contributed by atoms with Crippen molar-refractivity contribution < 1.29 is 19.1 Å². The van der Waals surface area contributed by atoms with E-state index in [1.165, 1.54) is 0 Å². The van der Waals surface area contributed by atoms with Gasteiger partial charge in [0.15, 0.2) is 0 Å². The Morgan fingerprint density at radius 1 is 0.810 bits per heavy atom. The van der Waals surface area contributed by atoms with Crippen LogP contribution in [0.5, 0.6) is 0 Å². The molecule has 0 aromatic rings. The lowest BCUT2D eigenvalue weighted by molar-refractivity contribution is -0.149. The van der Waals surface area contributed by atoms with Gasteiger partial charge in [0.05, 0.1) is 13.2 Å². The Bertz CT molecular complexity index is 284. The largest absolute Gasteiger partial charge is 0.465 e. The van der Waals surface area contributed by atoms with E-state index in [1.54, 1.807) is 0 Å². The molecule has 124 valence electrons. The number of carbonyl (C=O) groups excluding carboxylic acids is 2. The summed E-state index contributed by atoms with van der Waals surface area (Å²) in [4.78, 5) is 23.7. The molecule has 21 heavy (non-hydrogen) atoms. The van der Waals surface area contributed by atoms with E-state index in [-0.39, 0.29) is 17.9 Å². The minimum Gasteiger partial charge on any atom is -0.465 e. The molecule has 0 saturated carbocycles. The second-order valence-electron chi connectivity index (χ2n) is 6.71. The van der Waals surface area contributed by atoms with Crippen molar-refractivity contribution in [2.24, 2.45) is 23.7 Å². The average Bonchev–Trinajstić information content (AvgIpc) is 2.41. The number of hydrogen-bond donors (Lipinski definition) is 0. The minimum atomic E-state index is -0.217. The van der Waals surface area contributed by atoms with Crippen LogP contribution in [0.2, 0.25) is 0 Å². The highest BCUT2D eigenvalue weighted by Crippen LogP contribution is 2.24. The van der Waals surface area contributed by atoms with Gasteiger partial charge in [0.1, 0.15) is 0 Å². The monoisotopic (exact) mass is 300 g/mol. The van der Waals surface area contributed by atoms with E-state index in [2.05, 4.69) is 13.8 Å². The smallest absolute Gasteiger partial charge is 0.306 e. The lowest BCUT2D eigenvalue weighted by Crippen LogP contribution is -2.23. The van der Waals surface area contributed by atoms with Gasteiger partial charge in [-0.1, -0.05) is 48.0 Å². The van der Waals surface area contributed by atoms with Crippen molar-refractivity contribution >= 4 is 11.9 Å². The molecule has 0 aromatic carbocycles. The summed E-state index contributed by atoms with van der Waals surface area (Å²) < 4.78 is 10.4. The Morgan fingerprint density at radius 3 is 1.48 bits per heavy atom. The summed E-state index contributed by atoms with van der Waals surface area (Å²) in [7, 11) is 0. The molecule has 0 N–H and O–H groups in total. The standard InChI is InChI=1S/C17H32O4/c1-7-14(6)15(8-16(18)20-10-12(2)3)9-17(19)21-11-13(4)5/h12-15H,7-11H2,1-6H3. The predicted octanol–water partition coefficient (Wildman–Crippen LogP) is 3.83. The third kappa shape index (κ3) is 10.3. The van der Waals surface area contributed by atoms with Gasteiger partial charge in [0, 0.05) is 12.8 Å².